The molecule has 0 radical (unpaired) electrons. The molecule has 0 aromatic rings. The van der Waals surface area contributed by atoms with E-state index in [4.69, 9.17) is 4.74 Å². The Morgan fingerprint density at radius 1 is 1.64 bits per heavy atom. The van der Waals surface area contributed by atoms with Crippen LogP contribution in [-0.4, -0.2) is 24.8 Å². The van der Waals surface area contributed by atoms with E-state index in [1.165, 1.54) is 0 Å². The van der Waals surface area contributed by atoms with Gasteiger partial charge in [-0.05, 0) is 12.5 Å². The van der Waals surface area contributed by atoms with Crippen LogP contribution in [0.1, 0.15) is 33.6 Å². The maximum Gasteiger partial charge on any atom is 0.111 e. The summed E-state index contributed by atoms with van der Waals surface area (Å²) in [4.78, 5) is 0. The molecule has 1 heterocycles. The Balaban J connectivity index is 2.65. The van der Waals surface area contributed by atoms with Gasteiger partial charge in [-0.3, -0.25) is 5.32 Å². The number of nitrogens with one attached hydrogen (secondary N) is 1. The molecule has 0 bridgehead atoms. The SMILES string of the molecule is CCNC1(C#N)CCOC(C(C)C)C1. The molecule has 1 aliphatic heterocycles. The predicted molar refractivity (Wildman–Crippen MR) is 55.8 cm³/mol. The van der Waals surface area contributed by atoms with Gasteiger partial charge in [-0.2, -0.15) is 5.26 Å². The Morgan fingerprint density at radius 3 is 2.86 bits per heavy atom. The smallest absolute Gasteiger partial charge is 0.111 e. The average molecular weight is 196 g/mol. The highest BCUT2D eigenvalue weighted by atomic mass is 16.5. The minimum atomic E-state index is -0.345. The third-order valence-corrected chi connectivity index (χ3v) is 2.88. The molecule has 80 valence electrons. The Kier molecular flexibility index (Phi) is 3.91. The molecule has 0 aliphatic carbocycles. The summed E-state index contributed by atoms with van der Waals surface area (Å²) in [7, 11) is 0. The Morgan fingerprint density at radius 2 is 2.36 bits per heavy atom. The maximum absolute atomic E-state index is 9.20. The van der Waals surface area contributed by atoms with Gasteiger partial charge in [0.1, 0.15) is 5.54 Å². The van der Waals surface area contributed by atoms with Gasteiger partial charge in [-0.1, -0.05) is 20.8 Å². The minimum absolute atomic E-state index is 0.224. The van der Waals surface area contributed by atoms with Crippen molar-refractivity contribution in [2.75, 3.05) is 13.2 Å². The fourth-order valence-corrected chi connectivity index (χ4v) is 1.96. The van der Waals surface area contributed by atoms with E-state index in [-0.39, 0.29) is 11.6 Å². The summed E-state index contributed by atoms with van der Waals surface area (Å²) in [5.41, 5.74) is -0.345. The van der Waals surface area contributed by atoms with Crippen LogP contribution >= 0.6 is 0 Å². The standard InChI is InChI=1S/C11H20N2O/c1-4-13-11(8-12)5-6-14-10(7-11)9(2)3/h9-10,13H,4-7H2,1-3H3. The van der Waals surface area contributed by atoms with Crippen molar-refractivity contribution in [1.29, 1.82) is 5.26 Å². The van der Waals surface area contributed by atoms with Crippen molar-refractivity contribution in [3.05, 3.63) is 0 Å². The highest BCUT2D eigenvalue weighted by Crippen LogP contribution is 2.27. The summed E-state index contributed by atoms with van der Waals surface area (Å²) in [6.45, 7) is 7.87. The van der Waals surface area contributed by atoms with Gasteiger partial charge in [0.05, 0.1) is 12.2 Å². The zero-order valence-electron chi connectivity index (χ0n) is 9.34. The van der Waals surface area contributed by atoms with Crippen molar-refractivity contribution in [3.8, 4) is 6.07 Å². The summed E-state index contributed by atoms with van der Waals surface area (Å²) in [5.74, 6) is 0.488. The lowest BCUT2D eigenvalue weighted by molar-refractivity contribution is -0.0381. The van der Waals surface area contributed by atoms with E-state index >= 15 is 0 Å². The number of rotatable bonds is 3. The van der Waals surface area contributed by atoms with E-state index in [9.17, 15) is 5.26 Å². The number of nitriles is 1. The van der Waals surface area contributed by atoms with Gasteiger partial charge in [0.25, 0.3) is 0 Å². The minimum Gasteiger partial charge on any atom is -0.378 e. The highest BCUT2D eigenvalue weighted by Gasteiger charge is 2.37. The molecule has 1 N–H and O–H groups in total. The van der Waals surface area contributed by atoms with Crippen LogP contribution in [0.4, 0.5) is 0 Å². The van der Waals surface area contributed by atoms with Gasteiger partial charge in [0.15, 0.2) is 0 Å². The summed E-state index contributed by atoms with van der Waals surface area (Å²) in [6, 6.07) is 2.41. The maximum atomic E-state index is 9.20. The van der Waals surface area contributed by atoms with E-state index in [0.717, 1.165) is 19.4 Å². The number of hydrogen-bond acceptors (Lipinski definition) is 3. The first-order chi connectivity index (χ1) is 6.63. The largest absolute Gasteiger partial charge is 0.378 e. The van der Waals surface area contributed by atoms with Gasteiger partial charge < -0.3 is 4.74 Å². The fourth-order valence-electron chi connectivity index (χ4n) is 1.96. The molecular formula is C11H20N2O. The molecule has 1 saturated heterocycles. The van der Waals surface area contributed by atoms with E-state index in [0.29, 0.717) is 12.5 Å². The van der Waals surface area contributed by atoms with Crippen LogP contribution in [0.5, 0.6) is 0 Å². The zero-order chi connectivity index (χ0) is 10.6. The molecular weight excluding hydrogens is 176 g/mol. The van der Waals surface area contributed by atoms with Gasteiger partial charge in [0, 0.05) is 19.4 Å². The molecule has 1 rings (SSSR count). The van der Waals surface area contributed by atoms with Crippen LogP contribution in [0.15, 0.2) is 0 Å². The van der Waals surface area contributed by atoms with Crippen LogP contribution in [0.25, 0.3) is 0 Å². The topological polar surface area (TPSA) is 45.0 Å². The van der Waals surface area contributed by atoms with Crippen LogP contribution in [0, 0.1) is 17.2 Å². The van der Waals surface area contributed by atoms with Gasteiger partial charge >= 0.3 is 0 Å². The van der Waals surface area contributed by atoms with E-state index in [2.05, 4.69) is 25.2 Å². The predicted octanol–water partition coefficient (Wildman–Crippen LogP) is 1.69. The summed E-state index contributed by atoms with van der Waals surface area (Å²) in [6.07, 6.45) is 1.85. The number of ether oxygens (including phenoxy) is 1. The molecule has 3 nitrogen and oxygen atoms in total. The highest BCUT2D eigenvalue weighted by molar-refractivity contribution is 5.09. The average Bonchev–Trinajstić information content (AvgIpc) is 2.18. The van der Waals surface area contributed by atoms with Gasteiger partial charge in [0.2, 0.25) is 0 Å². The Labute approximate surface area is 86.4 Å². The molecule has 1 fully saturated rings. The molecule has 0 saturated carbocycles. The second-order valence-electron chi connectivity index (χ2n) is 4.33. The molecule has 3 heteroatoms. The van der Waals surface area contributed by atoms with E-state index in [1.54, 1.807) is 0 Å². The molecule has 2 unspecified atom stereocenters. The van der Waals surface area contributed by atoms with Gasteiger partial charge in [-0.25, -0.2) is 0 Å². The summed E-state index contributed by atoms with van der Waals surface area (Å²) in [5, 5.41) is 12.5. The van der Waals surface area contributed by atoms with E-state index in [1.807, 2.05) is 6.92 Å². The normalized spacial score (nSPS) is 32.9. The first-order valence-corrected chi connectivity index (χ1v) is 5.41. The Hall–Kier alpha value is -0.590. The Bertz CT molecular complexity index is 218. The summed E-state index contributed by atoms with van der Waals surface area (Å²) < 4.78 is 5.65. The molecule has 0 amide bonds. The third-order valence-electron chi connectivity index (χ3n) is 2.88. The lowest BCUT2D eigenvalue weighted by Crippen LogP contribution is -2.51. The zero-order valence-corrected chi connectivity index (χ0v) is 9.34. The van der Waals surface area contributed by atoms with Crippen molar-refractivity contribution >= 4 is 0 Å². The van der Waals surface area contributed by atoms with Crippen molar-refractivity contribution < 1.29 is 4.74 Å². The van der Waals surface area contributed by atoms with Crippen molar-refractivity contribution in [1.82, 2.24) is 5.32 Å². The number of hydrogen-bond donors (Lipinski definition) is 1. The molecule has 1 aliphatic rings. The molecule has 0 spiro atoms. The van der Waals surface area contributed by atoms with Crippen molar-refractivity contribution in [3.63, 3.8) is 0 Å². The van der Waals surface area contributed by atoms with Crippen LogP contribution in [0.3, 0.4) is 0 Å². The fraction of sp³-hybridized carbons (Fsp3) is 0.909. The lowest BCUT2D eigenvalue weighted by atomic mass is 9.84. The first kappa shape index (κ1) is 11.5. The van der Waals surface area contributed by atoms with Crippen molar-refractivity contribution in [2.24, 2.45) is 5.92 Å². The summed E-state index contributed by atoms with van der Waals surface area (Å²) >= 11 is 0. The van der Waals surface area contributed by atoms with E-state index < -0.39 is 0 Å². The van der Waals surface area contributed by atoms with Gasteiger partial charge in [-0.15, -0.1) is 0 Å². The van der Waals surface area contributed by atoms with Crippen LogP contribution in [-0.2, 0) is 4.74 Å². The molecule has 2 atom stereocenters. The quantitative estimate of drug-likeness (QED) is 0.747. The first-order valence-electron chi connectivity index (χ1n) is 5.41. The van der Waals surface area contributed by atoms with Crippen LogP contribution in [0.2, 0.25) is 0 Å². The molecule has 0 aromatic carbocycles. The van der Waals surface area contributed by atoms with Crippen molar-refractivity contribution in [2.45, 2.75) is 45.3 Å². The number of nitrogens with zero attached hydrogens (tertiary/aromatic N) is 1. The lowest BCUT2D eigenvalue weighted by Gasteiger charge is -2.38. The van der Waals surface area contributed by atoms with Crippen LogP contribution < -0.4 is 5.32 Å². The second-order valence-corrected chi connectivity index (χ2v) is 4.33. The third kappa shape index (κ3) is 2.46. The molecule has 0 aromatic heterocycles. The monoisotopic (exact) mass is 196 g/mol. The second kappa shape index (κ2) is 4.77. The molecule has 14 heavy (non-hydrogen) atoms.